The highest BCUT2D eigenvalue weighted by Gasteiger charge is 2.84. The van der Waals surface area contributed by atoms with E-state index in [1.165, 1.54) is 31.2 Å². The SMILES string of the molecule is CC(=O)O[C@H]1C(=O)C23C[C@H]2CC2OC[C@@]2(OC(C)=O)C3C(OC(=O)c2ccccc2)[C@]2(O)CC(OC(=O)C(OC(=O)OCC(Cl)(Cl)Cl)[C@@H](NC(=O)c3ccccc3)c3ccccc3)C(C)=C1C2(C)C. The van der Waals surface area contributed by atoms with Crippen molar-refractivity contribution < 1.29 is 71.8 Å². The van der Waals surface area contributed by atoms with Gasteiger partial charge in [0.25, 0.3) is 5.91 Å². The van der Waals surface area contributed by atoms with Crippen LogP contribution in [0.4, 0.5) is 4.79 Å². The average molecular weight is 1010 g/mol. The fraction of sp³-hybridized carbons (Fsp3) is 0.460. The van der Waals surface area contributed by atoms with Crippen molar-refractivity contribution in [3.63, 3.8) is 0 Å². The van der Waals surface area contributed by atoms with Gasteiger partial charge in [0.05, 0.1) is 18.1 Å². The Balaban J connectivity index is 1.28. The number of carbonyl (C=O) groups is 7. The van der Waals surface area contributed by atoms with Crippen LogP contribution in [-0.4, -0.2) is 106 Å². The number of carbonyl (C=O) groups excluding carboxylic acids is 7. The Morgan fingerprint density at radius 3 is 2.01 bits per heavy atom. The first kappa shape index (κ1) is 49.9. The molecule has 366 valence electrons. The molecule has 69 heavy (non-hydrogen) atoms. The van der Waals surface area contributed by atoms with E-state index in [1.54, 1.807) is 87.5 Å². The molecule has 3 aromatic rings. The Kier molecular flexibility index (Phi) is 13.5. The van der Waals surface area contributed by atoms with Crippen LogP contribution in [0.25, 0.3) is 0 Å². The average Bonchev–Trinajstić information content (AvgIpc) is 4.03. The van der Waals surface area contributed by atoms with Gasteiger partial charge in [-0.25, -0.2) is 14.4 Å². The zero-order valence-corrected chi connectivity index (χ0v) is 40.4. The van der Waals surface area contributed by atoms with Crippen LogP contribution in [0.5, 0.6) is 0 Å². The minimum Gasteiger partial charge on any atom is -0.455 e. The number of rotatable bonds is 12. The van der Waals surface area contributed by atoms with Crippen molar-refractivity contribution in [1.29, 1.82) is 0 Å². The molecule has 1 heterocycles. The van der Waals surface area contributed by atoms with Crippen molar-refractivity contribution in [3.8, 4) is 0 Å². The van der Waals surface area contributed by atoms with Crippen molar-refractivity contribution >= 4 is 76.5 Å². The molecule has 3 saturated carbocycles. The van der Waals surface area contributed by atoms with Crippen molar-refractivity contribution in [2.45, 2.75) is 105 Å². The highest BCUT2D eigenvalue weighted by Crippen LogP contribution is 2.74. The third kappa shape index (κ3) is 9.10. The van der Waals surface area contributed by atoms with E-state index in [2.05, 4.69) is 5.32 Å². The molecule has 4 fully saturated rings. The zero-order valence-electron chi connectivity index (χ0n) is 38.1. The van der Waals surface area contributed by atoms with Gasteiger partial charge in [-0.15, -0.1) is 0 Å². The first-order valence-electron chi connectivity index (χ1n) is 22.3. The molecule has 2 N–H and O–H groups in total. The quantitative estimate of drug-likeness (QED) is 0.0816. The number of hydrogen-bond donors (Lipinski definition) is 2. The Hall–Kier alpha value is -5.52. The number of alkyl halides is 3. The smallest absolute Gasteiger partial charge is 0.455 e. The van der Waals surface area contributed by atoms with Crippen molar-refractivity contribution in [3.05, 3.63) is 119 Å². The maximum absolute atomic E-state index is 15.7. The number of esters is 4. The van der Waals surface area contributed by atoms with E-state index in [-0.39, 0.29) is 47.3 Å². The first-order valence-corrected chi connectivity index (χ1v) is 23.4. The molecule has 5 aliphatic rings. The predicted octanol–water partition coefficient (Wildman–Crippen LogP) is 6.91. The molecule has 6 unspecified atom stereocenters. The summed E-state index contributed by atoms with van der Waals surface area (Å²) >= 11 is 17.6. The van der Waals surface area contributed by atoms with Gasteiger partial charge in [-0.2, -0.15) is 0 Å². The summed E-state index contributed by atoms with van der Waals surface area (Å²) in [7, 11) is 0. The summed E-state index contributed by atoms with van der Waals surface area (Å²) in [5, 5.41) is 16.7. The third-order valence-corrected chi connectivity index (χ3v) is 14.7. The zero-order chi connectivity index (χ0) is 49.8. The lowest BCUT2D eigenvalue weighted by Gasteiger charge is -2.64. The number of fused-ring (bicyclic) bond motifs is 4. The summed E-state index contributed by atoms with van der Waals surface area (Å²) in [5.74, 6) is -6.73. The van der Waals surface area contributed by atoms with E-state index >= 15 is 9.59 Å². The van der Waals surface area contributed by atoms with Crippen LogP contribution in [-0.2, 0) is 52.3 Å². The van der Waals surface area contributed by atoms with Crippen molar-refractivity contribution in [2.24, 2.45) is 22.7 Å². The lowest BCUT2D eigenvalue weighted by molar-refractivity contribution is -0.323. The van der Waals surface area contributed by atoms with E-state index < -0.39 is 129 Å². The normalized spacial score (nSPS) is 30.4. The summed E-state index contributed by atoms with van der Waals surface area (Å²) in [4.78, 5) is 98.7. The Labute approximate surface area is 412 Å². The lowest BCUT2D eigenvalue weighted by atomic mass is 9.48. The van der Waals surface area contributed by atoms with Crippen LogP contribution in [0.2, 0.25) is 0 Å². The second-order valence-corrected chi connectivity index (χ2v) is 21.3. The van der Waals surface area contributed by atoms with Crippen LogP contribution in [0.3, 0.4) is 0 Å². The molecule has 3 aromatic carbocycles. The van der Waals surface area contributed by atoms with Crippen molar-refractivity contribution in [2.75, 3.05) is 13.2 Å². The van der Waals surface area contributed by atoms with Crippen LogP contribution >= 0.6 is 34.8 Å². The molecule has 1 saturated heterocycles. The highest BCUT2D eigenvalue weighted by atomic mass is 35.6. The van der Waals surface area contributed by atoms with Crippen LogP contribution < -0.4 is 5.32 Å². The fourth-order valence-corrected chi connectivity index (χ4v) is 11.3. The molecule has 4 aliphatic carbocycles. The van der Waals surface area contributed by atoms with Crippen LogP contribution in [0.15, 0.2) is 102 Å². The van der Waals surface area contributed by atoms with Gasteiger partial charge in [-0.3, -0.25) is 19.2 Å². The first-order chi connectivity index (χ1) is 32.5. The summed E-state index contributed by atoms with van der Waals surface area (Å²) in [6.07, 6.45) is -9.38. The van der Waals surface area contributed by atoms with Crippen LogP contribution in [0, 0.1) is 22.7 Å². The molecular formula is C50H50Cl3NO15. The monoisotopic (exact) mass is 1010 g/mol. The van der Waals surface area contributed by atoms with Crippen molar-refractivity contribution in [1.82, 2.24) is 5.32 Å². The molecule has 11 atom stereocenters. The molecule has 1 aliphatic heterocycles. The Bertz CT molecular complexity index is 2570. The maximum atomic E-state index is 15.7. The number of nitrogens with one attached hydrogen (secondary N) is 1. The van der Waals surface area contributed by atoms with E-state index in [4.69, 9.17) is 68.0 Å². The second kappa shape index (κ2) is 18.7. The van der Waals surface area contributed by atoms with Gasteiger partial charge in [-0.05, 0) is 66.7 Å². The Morgan fingerprint density at radius 1 is 0.841 bits per heavy atom. The second-order valence-electron chi connectivity index (χ2n) is 18.7. The summed E-state index contributed by atoms with van der Waals surface area (Å²) < 4.78 is 39.7. The van der Waals surface area contributed by atoms with E-state index in [1.807, 2.05) is 0 Å². The predicted molar refractivity (Wildman–Crippen MR) is 245 cm³/mol. The number of Topliss-reactive ketones (excluding diaryl/α,β-unsaturated/α-hetero) is 1. The van der Waals surface area contributed by atoms with E-state index in [0.29, 0.717) is 0 Å². The third-order valence-electron chi connectivity index (χ3n) is 14.4. The van der Waals surface area contributed by atoms with E-state index in [9.17, 15) is 29.1 Å². The minimum absolute atomic E-state index is 0.0542. The molecule has 0 aromatic heterocycles. The van der Waals surface area contributed by atoms with Gasteiger partial charge in [0.15, 0.2) is 17.5 Å². The summed E-state index contributed by atoms with van der Waals surface area (Å²) in [6.45, 7) is 6.01. The molecule has 0 radical (unpaired) electrons. The van der Waals surface area contributed by atoms with E-state index in [0.717, 1.165) is 6.92 Å². The van der Waals surface area contributed by atoms with Crippen LogP contribution in [0.1, 0.15) is 86.2 Å². The topological polar surface area (TPSA) is 216 Å². The fourth-order valence-electron chi connectivity index (χ4n) is 11.2. The number of amides is 1. The standard InChI is InChI=1S/C50H50Cl3NO15/c1-26-33(66-44(60)38(67-45(61)64-25-50(51,52)53)36(29-15-9-6-10-16-29)54-42(58)30-17-11-7-12-18-30)23-49(62)41(68-43(59)31-19-13-8-14-20-31)39-47(40(57)37(65-27(2)55)35(26)46(49,4)5)22-32(47)21-34-48(39,24-63-34)69-28(3)56/h6-20,32-34,36-39,41,62H,21-25H2,1-5H3,(H,54,58)/t32-,33?,34?,36+,37-,38?,39?,41?,47?,48+,49-/m1/s1. The summed E-state index contributed by atoms with van der Waals surface area (Å²) in [6, 6.07) is 22.5. The van der Waals surface area contributed by atoms with Gasteiger partial charge >= 0.3 is 30.0 Å². The highest BCUT2D eigenvalue weighted by molar-refractivity contribution is 6.67. The molecular weight excluding hydrogens is 961 g/mol. The molecule has 1 amide bonds. The lowest BCUT2D eigenvalue weighted by Crippen LogP contribution is -2.78. The molecule has 19 heteroatoms. The minimum atomic E-state index is -2.36. The van der Waals surface area contributed by atoms with Gasteiger partial charge in [0.2, 0.25) is 9.90 Å². The number of ketones is 1. The molecule has 1 spiro atoms. The number of hydrogen-bond acceptors (Lipinski definition) is 15. The largest absolute Gasteiger partial charge is 0.509 e. The van der Waals surface area contributed by atoms with Gasteiger partial charge < -0.3 is 43.6 Å². The van der Waals surface area contributed by atoms with Gasteiger partial charge in [0, 0.05) is 36.7 Å². The Morgan fingerprint density at radius 2 is 1.45 bits per heavy atom. The molecule has 8 rings (SSSR count). The molecule has 16 nitrogen and oxygen atoms in total. The van der Waals surface area contributed by atoms with Gasteiger partial charge in [-0.1, -0.05) is 115 Å². The number of halogens is 3. The van der Waals surface area contributed by atoms with Gasteiger partial charge in [0.1, 0.15) is 36.6 Å². The number of benzene rings is 3. The number of aliphatic hydroxyl groups is 1. The number of ether oxygens (including phenoxy) is 7. The maximum Gasteiger partial charge on any atom is 0.509 e. The summed E-state index contributed by atoms with van der Waals surface area (Å²) in [5.41, 5.74) is -6.32. The molecule has 2 bridgehead atoms.